The van der Waals surface area contributed by atoms with Crippen molar-refractivity contribution >= 4 is 89.7 Å². The number of hydrogen-bond donors (Lipinski definition) is 0. The van der Waals surface area contributed by atoms with Crippen molar-refractivity contribution in [2.75, 3.05) is 0 Å². The van der Waals surface area contributed by atoms with Gasteiger partial charge in [0.15, 0.2) is 5.78 Å². The number of carbonyl (C=O) groups excluding carboxylic acids is 1. The van der Waals surface area contributed by atoms with Gasteiger partial charge in [0.1, 0.15) is 5.69 Å². The van der Waals surface area contributed by atoms with Crippen molar-refractivity contribution in [3.8, 4) is 0 Å². The van der Waals surface area contributed by atoms with Crippen molar-refractivity contribution in [2.45, 2.75) is 21.5 Å². The Labute approximate surface area is 153 Å². The molecule has 3 nitrogen and oxygen atoms in total. The van der Waals surface area contributed by atoms with Crippen LogP contribution in [0.4, 0.5) is 5.69 Å². The number of halogens is 6. The van der Waals surface area contributed by atoms with Crippen molar-refractivity contribution in [1.82, 2.24) is 0 Å². The highest BCUT2D eigenvalue weighted by Gasteiger charge is 2.34. The minimum atomic E-state index is -1.96. The van der Waals surface area contributed by atoms with Gasteiger partial charge in [-0.3, -0.25) is 4.79 Å². The lowest BCUT2D eigenvalue weighted by Crippen LogP contribution is -2.24. The summed E-state index contributed by atoms with van der Waals surface area (Å²) in [7, 11) is 0. The van der Waals surface area contributed by atoms with E-state index in [1.54, 1.807) is 13.0 Å². The fourth-order valence-corrected chi connectivity index (χ4v) is 2.70. The summed E-state index contributed by atoms with van der Waals surface area (Å²) in [5, 5.41) is 8.31. The normalized spacial score (nSPS) is 12.4. The first-order valence-electron chi connectivity index (χ1n) is 5.21. The first-order valence-corrected chi connectivity index (χ1v) is 8.55. The molecule has 0 saturated carbocycles. The third kappa shape index (κ3) is 5.43. The lowest BCUT2D eigenvalue weighted by atomic mass is 10.2. The predicted molar refractivity (Wildman–Crippen MR) is 91.4 cm³/mol. The van der Waals surface area contributed by atoms with Crippen molar-refractivity contribution in [3.05, 3.63) is 27.7 Å². The highest BCUT2D eigenvalue weighted by atomic mass is 79.9. The van der Waals surface area contributed by atoms with E-state index in [2.05, 4.69) is 42.1 Å². The molecule has 1 aromatic rings. The molecule has 0 amide bonds. The summed E-state index contributed by atoms with van der Waals surface area (Å²) in [5.41, 5.74) is 1.06. The fraction of sp³-hybridized carbons (Fsp3) is 0.364. The number of carbonyl (C=O) groups is 1. The van der Waals surface area contributed by atoms with Gasteiger partial charge in [-0.05, 0) is 24.6 Å². The van der Waals surface area contributed by atoms with Gasteiger partial charge in [0.05, 0.1) is 8.76 Å². The van der Waals surface area contributed by atoms with Crippen LogP contribution in [-0.2, 0) is 4.79 Å². The van der Waals surface area contributed by atoms with Crippen LogP contribution in [0.3, 0.4) is 0 Å². The van der Waals surface area contributed by atoms with Gasteiger partial charge in [-0.25, -0.2) is 0 Å². The van der Waals surface area contributed by atoms with Crippen molar-refractivity contribution in [3.63, 3.8) is 0 Å². The zero-order valence-corrected chi connectivity index (χ0v) is 16.2. The third-order valence-electron chi connectivity index (χ3n) is 2.17. The van der Waals surface area contributed by atoms with Crippen molar-refractivity contribution in [2.24, 2.45) is 10.2 Å². The molecule has 1 rings (SSSR count). The number of ketones is 1. The second-order valence-electron chi connectivity index (χ2n) is 3.81. The second-order valence-corrected chi connectivity index (χ2v) is 9.38. The maximum atomic E-state index is 11.8. The lowest BCUT2D eigenvalue weighted by molar-refractivity contribution is -0.119. The third-order valence-corrected chi connectivity index (χ3v) is 3.90. The van der Waals surface area contributed by atoms with E-state index in [9.17, 15) is 4.79 Å². The monoisotopic (exact) mass is 482 g/mol. The molecule has 0 radical (unpaired) electrons. The first kappa shape index (κ1) is 18.7. The van der Waals surface area contributed by atoms with Crippen LogP contribution < -0.4 is 0 Å². The molecule has 0 bridgehead atoms. The molecule has 0 unspecified atom stereocenters. The van der Waals surface area contributed by atoms with Gasteiger partial charge in [0.25, 0.3) is 4.46 Å². The Bertz CT molecular complexity index is 526. The van der Waals surface area contributed by atoms with E-state index < -0.39 is 10.2 Å². The van der Waals surface area contributed by atoms with Crippen LogP contribution >= 0.6 is 78.3 Å². The van der Waals surface area contributed by atoms with E-state index in [4.69, 9.17) is 46.4 Å². The summed E-state index contributed by atoms with van der Waals surface area (Å²) in [5.74, 6) is -0.494. The molecular formula is C11H8Br2Cl4N2O. The summed E-state index contributed by atoms with van der Waals surface area (Å²) < 4.78 is -2.20. The predicted octanol–water partition coefficient (Wildman–Crippen LogP) is 6.59. The van der Waals surface area contributed by atoms with Crippen molar-refractivity contribution < 1.29 is 4.79 Å². The van der Waals surface area contributed by atoms with E-state index >= 15 is 0 Å². The van der Waals surface area contributed by atoms with Crippen LogP contribution in [0.15, 0.2) is 22.4 Å². The highest BCUT2D eigenvalue weighted by Crippen LogP contribution is 2.35. The molecule has 0 fully saturated rings. The van der Waals surface area contributed by atoms with Crippen LogP contribution in [0.1, 0.15) is 12.0 Å². The Morgan fingerprint density at radius 2 is 1.95 bits per heavy atom. The quantitative estimate of drug-likeness (QED) is 0.263. The maximum Gasteiger partial charge on any atom is 0.286 e. The molecule has 20 heavy (non-hydrogen) atoms. The van der Waals surface area contributed by atoms with Gasteiger partial charge >= 0.3 is 0 Å². The number of alkyl halides is 4. The first-order chi connectivity index (χ1) is 9.13. The van der Waals surface area contributed by atoms with Gasteiger partial charge in [0, 0.05) is 11.4 Å². The number of azo groups is 1. The second kappa shape index (κ2) is 7.75. The Morgan fingerprint density at radius 1 is 1.35 bits per heavy atom. The molecule has 110 valence electrons. The van der Waals surface area contributed by atoms with E-state index in [-0.39, 0.29) is 10.2 Å². The summed E-state index contributed by atoms with van der Waals surface area (Å²) in [6, 6.07) is 3.18. The number of hydrogen-bond acceptors (Lipinski definition) is 3. The molecule has 0 N–H and O–H groups in total. The zero-order valence-electron chi connectivity index (χ0n) is 10.0. The summed E-state index contributed by atoms with van der Waals surface area (Å²) in [6.07, 6.45) is 0.0549. The molecular weight excluding hydrogens is 478 g/mol. The smallest absolute Gasteiger partial charge is 0.286 e. The molecule has 0 aliphatic carbocycles. The Hall–Kier alpha value is 0.610. The van der Waals surface area contributed by atoms with Crippen LogP contribution in [0.5, 0.6) is 0 Å². The van der Waals surface area contributed by atoms with Gasteiger partial charge in [-0.2, -0.15) is 5.11 Å². The SMILES string of the molecule is Cc1cc(Cl)cc(Cl)c1N=NC(Cl)(Cl)C(=O)CC(Br)Br. The molecule has 0 aliphatic heterocycles. The molecule has 0 atom stereocenters. The maximum absolute atomic E-state index is 11.8. The van der Waals surface area contributed by atoms with Gasteiger partial charge in [-0.1, -0.05) is 78.3 Å². The average molecular weight is 486 g/mol. The number of rotatable bonds is 5. The lowest BCUT2D eigenvalue weighted by Gasteiger charge is -2.12. The molecule has 0 spiro atoms. The highest BCUT2D eigenvalue weighted by molar-refractivity contribution is 9.24. The Balaban J connectivity index is 3.00. The van der Waals surface area contributed by atoms with E-state index in [0.29, 0.717) is 21.3 Å². The zero-order chi connectivity index (χ0) is 15.5. The topological polar surface area (TPSA) is 41.8 Å². The molecule has 0 aliphatic rings. The van der Waals surface area contributed by atoms with Gasteiger partial charge in [0.2, 0.25) is 0 Å². The number of Topliss-reactive ketones (excluding diaryl/α,β-unsaturated/α-hetero) is 1. The molecule has 9 heteroatoms. The molecule has 0 heterocycles. The van der Waals surface area contributed by atoms with Crippen molar-refractivity contribution in [1.29, 1.82) is 0 Å². The number of nitrogens with zero attached hydrogens (tertiary/aromatic N) is 2. The Morgan fingerprint density at radius 3 is 2.45 bits per heavy atom. The largest absolute Gasteiger partial charge is 0.294 e. The minimum Gasteiger partial charge on any atom is -0.294 e. The molecule has 0 aromatic heterocycles. The summed E-state index contributed by atoms with van der Waals surface area (Å²) >= 11 is 29.9. The standard InChI is InChI=1S/C11H8Br2Cl4N2O/c1-5-2-6(14)3-7(15)10(5)18-19-11(16,17)8(20)4-9(12)13/h2-3,9H,4H2,1H3. The Kier molecular flexibility index (Phi) is 7.23. The molecule has 1 aromatic carbocycles. The molecule has 0 saturated heterocycles. The average Bonchev–Trinajstić information content (AvgIpc) is 2.26. The minimum absolute atomic E-state index is 0.0549. The van der Waals surface area contributed by atoms with Gasteiger partial charge in [-0.15, -0.1) is 5.11 Å². The summed E-state index contributed by atoms with van der Waals surface area (Å²) in [4.78, 5) is 11.8. The van der Waals surface area contributed by atoms with E-state index in [0.717, 1.165) is 0 Å². The van der Waals surface area contributed by atoms with E-state index in [1.807, 2.05) is 0 Å². The van der Waals surface area contributed by atoms with Crippen LogP contribution in [-0.4, -0.2) is 14.0 Å². The van der Waals surface area contributed by atoms with Crippen LogP contribution in [0, 0.1) is 6.92 Å². The fourth-order valence-electron chi connectivity index (χ4n) is 1.25. The van der Waals surface area contributed by atoms with Crippen LogP contribution in [0.2, 0.25) is 10.0 Å². The van der Waals surface area contributed by atoms with Crippen LogP contribution in [0.25, 0.3) is 0 Å². The summed E-state index contributed by atoms with van der Waals surface area (Å²) in [6.45, 7) is 1.76. The number of aryl methyl sites for hydroxylation is 1. The van der Waals surface area contributed by atoms with Gasteiger partial charge < -0.3 is 0 Å². The van der Waals surface area contributed by atoms with E-state index in [1.165, 1.54) is 6.07 Å². The number of benzene rings is 1.